The van der Waals surface area contributed by atoms with Crippen LogP contribution in [0.15, 0.2) is 28.9 Å². The lowest BCUT2D eigenvalue weighted by Crippen LogP contribution is -2.14. The molecule has 7 heteroatoms. The Morgan fingerprint density at radius 1 is 1.29 bits per heavy atom. The SMILES string of the molecule is Cc1cc(NC(=O)c2cnc(NN)c(Cl)c2)cc(C)c1Br. The maximum Gasteiger partial charge on any atom is 0.257 e. The molecule has 0 atom stereocenters. The molecule has 1 heterocycles. The normalized spacial score (nSPS) is 10.3. The summed E-state index contributed by atoms with van der Waals surface area (Å²) in [5.41, 5.74) is 5.52. The molecule has 0 aliphatic heterocycles. The molecular weight excluding hydrogens is 356 g/mol. The highest BCUT2D eigenvalue weighted by Crippen LogP contribution is 2.25. The summed E-state index contributed by atoms with van der Waals surface area (Å²) in [7, 11) is 0. The Labute approximate surface area is 136 Å². The van der Waals surface area contributed by atoms with Crippen LogP contribution in [0.3, 0.4) is 0 Å². The van der Waals surface area contributed by atoms with Crippen LogP contribution in [0.5, 0.6) is 0 Å². The van der Waals surface area contributed by atoms with Gasteiger partial charge in [-0.05, 0) is 43.2 Å². The molecule has 4 N–H and O–H groups in total. The fraction of sp³-hybridized carbons (Fsp3) is 0.143. The minimum Gasteiger partial charge on any atom is -0.322 e. The van der Waals surface area contributed by atoms with Crippen molar-refractivity contribution in [3.05, 3.63) is 50.6 Å². The second-order valence-electron chi connectivity index (χ2n) is 4.58. The highest BCUT2D eigenvalue weighted by Gasteiger charge is 2.11. The van der Waals surface area contributed by atoms with E-state index >= 15 is 0 Å². The number of aromatic nitrogens is 1. The van der Waals surface area contributed by atoms with Gasteiger partial charge in [0.2, 0.25) is 0 Å². The Hall–Kier alpha value is -1.63. The number of nitrogens with zero attached hydrogens (tertiary/aromatic N) is 1. The van der Waals surface area contributed by atoms with E-state index in [0.29, 0.717) is 11.4 Å². The van der Waals surface area contributed by atoms with Gasteiger partial charge in [-0.2, -0.15) is 0 Å². The number of hydrazine groups is 1. The van der Waals surface area contributed by atoms with Crippen molar-refractivity contribution < 1.29 is 4.79 Å². The van der Waals surface area contributed by atoms with Gasteiger partial charge in [0.15, 0.2) is 5.82 Å². The summed E-state index contributed by atoms with van der Waals surface area (Å²) in [6.07, 6.45) is 1.41. The van der Waals surface area contributed by atoms with E-state index in [9.17, 15) is 4.79 Å². The molecule has 0 radical (unpaired) electrons. The summed E-state index contributed by atoms with van der Waals surface area (Å²) in [5.74, 6) is 5.29. The maximum absolute atomic E-state index is 12.2. The molecule has 5 nitrogen and oxygen atoms in total. The molecule has 0 unspecified atom stereocenters. The number of nitrogen functional groups attached to an aromatic ring is 1. The standard InChI is InChI=1S/C14H14BrClN4O/c1-7-3-10(4-8(2)12(7)15)19-14(21)9-5-11(16)13(20-17)18-6-9/h3-6H,17H2,1-2H3,(H,18,20)(H,19,21). The molecule has 2 rings (SSSR count). The van der Waals surface area contributed by atoms with Crippen LogP contribution in [-0.4, -0.2) is 10.9 Å². The number of hydrogen-bond donors (Lipinski definition) is 3. The zero-order chi connectivity index (χ0) is 15.6. The number of anilines is 2. The molecule has 0 saturated carbocycles. The molecule has 0 spiro atoms. The predicted molar refractivity (Wildman–Crippen MR) is 88.6 cm³/mol. The molecule has 0 aliphatic carbocycles. The van der Waals surface area contributed by atoms with Gasteiger partial charge in [0, 0.05) is 16.4 Å². The molecule has 1 aromatic heterocycles. The first-order chi connectivity index (χ1) is 9.92. The number of aryl methyl sites for hydroxylation is 2. The summed E-state index contributed by atoms with van der Waals surface area (Å²) < 4.78 is 1.03. The van der Waals surface area contributed by atoms with E-state index in [1.54, 1.807) is 0 Å². The van der Waals surface area contributed by atoms with Crippen molar-refractivity contribution in [1.82, 2.24) is 4.98 Å². The molecule has 21 heavy (non-hydrogen) atoms. The number of carbonyl (C=O) groups is 1. The number of nitrogens with one attached hydrogen (secondary N) is 2. The third kappa shape index (κ3) is 3.53. The number of pyridine rings is 1. The van der Waals surface area contributed by atoms with Gasteiger partial charge >= 0.3 is 0 Å². The van der Waals surface area contributed by atoms with Crippen LogP contribution in [0.2, 0.25) is 5.02 Å². The highest BCUT2D eigenvalue weighted by atomic mass is 79.9. The highest BCUT2D eigenvalue weighted by molar-refractivity contribution is 9.10. The van der Waals surface area contributed by atoms with E-state index in [0.717, 1.165) is 21.3 Å². The lowest BCUT2D eigenvalue weighted by molar-refractivity contribution is 0.102. The van der Waals surface area contributed by atoms with E-state index < -0.39 is 0 Å². The van der Waals surface area contributed by atoms with E-state index in [1.807, 2.05) is 26.0 Å². The van der Waals surface area contributed by atoms with E-state index in [1.165, 1.54) is 12.3 Å². The largest absolute Gasteiger partial charge is 0.322 e. The summed E-state index contributed by atoms with van der Waals surface area (Å²) in [5, 5.41) is 3.11. The van der Waals surface area contributed by atoms with Gasteiger partial charge in [0.05, 0.1) is 10.6 Å². The zero-order valence-corrected chi connectivity index (χ0v) is 13.8. The lowest BCUT2D eigenvalue weighted by atomic mass is 10.1. The van der Waals surface area contributed by atoms with Gasteiger partial charge in [-0.25, -0.2) is 10.8 Å². The number of benzene rings is 1. The molecule has 1 amide bonds. The minimum absolute atomic E-state index is 0.283. The molecule has 1 aromatic carbocycles. The van der Waals surface area contributed by atoms with Gasteiger partial charge in [0.1, 0.15) is 0 Å². The first-order valence-electron chi connectivity index (χ1n) is 6.12. The third-order valence-corrected chi connectivity index (χ3v) is 4.47. The maximum atomic E-state index is 12.2. The molecule has 2 aromatic rings. The minimum atomic E-state index is -0.283. The Bertz CT molecular complexity index is 682. The second-order valence-corrected chi connectivity index (χ2v) is 5.78. The van der Waals surface area contributed by atoms with Gasteiger partial charge in [-0.3, -0.25) is 4.79 Å². The van der Waals surface area contributed by atoms with Crippen LogP contribution in [0.1, 0.15) is 21.5 Å². The second kappa shape index (κ2) is 6.43. The van der Waals surface area contributed by atoms with E-state index in [4.69, 9.17) is 17.4 Å². The first-order valence-corrected chi connectivity index (χ1v) is 7.29. The van der Waals surface area contributed by atoms with Gasteiger partial charge in [0.25, 0.3) is 5.91 Å². The van der Waals surface area contributed by atoms with Crippen molar-refractivity contribution in [3.63, 3.8) is 0 Å². The Kier molecular flexibility index (Phi) is 4.82. The van der Waals surface area contributed by atoms with Gasteiger partial charge < -0.3 is 10.7 Å². The number of nitrogens with two attached hydrogens (primary N) is 1. The number of rotatable bonds is 3. The van der Waals surface area contributed by atoms with Gasteiger partial charge in [-0.1, -0.05) is 27.5 Å². The van der Waals surface area contributed by atoms with Crippen LogP contribution in [0.25, 0.3) is 0 Å². The zero-order valence-electron chi connectivity index (χ0n) is 11.5. The van der Waals surface area contributed by atoms with Crippen LogP contribution in [0.4, 0.5) is 11.5 Å². The van der Waals surface area contributed by atoms with E-state index in [2.05, 4.69) is 31.7 Å². The van der Waals surface area contributed by atoms with Crippen molar-refractivity contribution in [3.8, 4) is 0 Å². The van der Waals surface area contributed by atoms with Crippen molar-refractivity contribution in [1.29, 1.82) is 0 Å². The fourth-order valence-corrected chi connectivity index (χ4v) is 2.34. The Morgan fingerprint density at radius 2 is 1.90 bits per heavy atom. The van der Waals surface area contributed by atoms with Crippen molar-refractivity contribution in [2.45, 2.75) is 13.8 Å². The smallest absolute Gasteiger partial charge is 0.257 e. The Morgan fingerprint density at radius 3 is 2.43 bits per heavy atom. The number of halogens is 2. The van der Waals surface area contributed by atoms with Crippen molar-refractivity contribution in [2.75, 3.05) is 10.7 Å². The lowest BCUT2D eigenvalue weighted by Gasteiger charge is -2.10. The predicted octanol–water partition coefficient (Wildman–Crippen LogP) is 3.65. The van der Waals surface area contributed by atoms with Crippen LogP contribution in [-0.2, 0) is 0 Å². The summed E-state index contributed by atoms with van der Waals surface area (Å²) in [6, 6.07) is 5.29. The molecule has 0 fully saturated rings. The molecule has 0 aliphatic rings. The first kappa shape index (κ1) is 15.8. The number of carbonyl (C=O) groups excluding carboxylic acids is 1. The summed E-state index contributed by atoms with van der Waals surface area (Å²) in [6.45, 7) is 3.93. The van der Waals surface area contributed by atoms with Gasteiger partial charge in [-0.15, -0.1) is 0 Å². The summed E-state index contributed by atoms with van der Waals surface area (Å²) >= 11 is 9.45. The molecule has 0 saturated heterocycles. The average molecular weight is 370 g/mol. The average Bonchev–Trinajstić information content (AvgIpc) is 2.44. The number of hydrogen-bond acceptors (Lipinski definition) is 4. The van der Waals surface area contributed by atoms with Crippen LogP contribution < -0.4 is 16.6 Å². The quantitative estimate of drug-likeness (QED) is 0.570. The van der Waals surface area contributed by atoms with Crippen molar-refractivity contribution >= 4 is 44.9 Å². The monoisotopic (exact) mass is 368 g/mol. The van der Waals surface area contributed by atoms with Crippen LogP contribution >= 0.6 is 27.5 Å². The topological polar surface area (TPSA) is 80.0 Å². The molecule has 110 valence electrons. The molecule has 0 bridgehead atoms. The molecular formula is C14H14BrClN4O. The fourth-order valence-electron chi connectivity index (χ4n) is 1.89. The third-order valence-electron chi connectivity index (χ3n) is 2.93. The number of amides is 1. The Balaban J connectivity index is 2.24. The van der Waals surface area contributed by atoms with Crippen LogP contribution in [0, 0.1) is 13.8 Å². The van der Waals surface area contributed by atoms with E-state index in [-0.39, 0.29) is 10.9 Å². The van der Waals surface area contributed by atoms with Crippen molar-refractivity contribution in [2.24, 2.45) is 5.84 Å². The summed E-state index contributed by atoms with van der Waals surface area (Å²) in [4.78, 5) is 16.2.